The van der Waals surface area contributed by atoms with Gasteiger partial charge in [-0.15, -0.1) is 0 Å². The monoisotopic (exact) mass is 594 g/mol. The van der Waals surface area contributed by atoms with Crippen LogP contribution in [0.2, 0.25) is 0 Å². The van der Waals surface area contributed by atoms with Crippen LogP contribution in [0, 0.1) is 0 Å². The minimum absolute atomic E-state index is 0. The van der Waals surface area contributed by atoms with Crippen LogP contribution < -0.4 is 149 Å². The average Bonchev–Trinajstić information content (AvgIpc) is 3.13. The summed E-state index contributed by atoms with van der Waals surface area (Å²) in [5.41, 5.74) is 5.11. The van der Waals surface area contributed by atoms with E-state index in [1.54, 1.807) is 0 Å². The number of H-pyrrole nitrogens is 1. The molecular formula is C11H13N4Na4O13P3. The Morgan fingerprint density at radius 2 is 1.74 bits per heavy atom. The molecule has 1 aliphatic heterocycles. The number of phosphoric ester groups is 1. The maximum atomic E-state index is 11.9. The fourth-order valence-electron chi connectivity index (χ4n) is 2.78. The van der Waals surface area contributed by atoms with Gasteiger partial charge in [0.25, 0.3) is 21.2 Å². The molecule has 17 nitrogen and oxygen atoms in total. The Hall–Kier alpha value is 2.55. The van der Waals surface area contributed by atoms with Crippen LogP contribution >= 0.6 is 23.5 Å². The summed E-state index contributed by atoms with van der Waals surface area (Å²) in [6, 6.07) is 1.41. The Balaban J connectivity index is 0. The second-order valence-electron chi connectivity index (χ2n) is 6.14. The third-order valence-corrected chi connectivity index (χ3v) is 7.58. The molecule has 174 valence electrons. The molecule has 5 unspecified atom stereocenters. The summed E-state index contributed by atoms with van der Waals surface area (Å²) in [5.74, 6) is -0.176. The Kier molecular flexibility index (Phi) is 17.6. The number of ether oxygens (including phenoxy) is 1. The van der Waals surface area contributed by atoms with Gasteiger partial charge in [0.15, 0.2) is 5.65 Å². The number of anilines is 1. The van der Waals surface area contributed by atoms with Crippen molar-refractivity contribution in [2.45, 2.75) is 24.9 Å². The number of hydrogen-bond donors (Lipinski definition) is 3. The van der Waals surface area contributed by atoms with Crippen molar-refractivity contribution in [2.75, 3.05) is 12.3 Å². The third-order valence-electron chi connectivity index (χ3n) is 3.91. The topological polar surface area (TPSA) is 277 Å². The molecule has 1 fully saturated rings. The van der Waals surface area contributed by atoms with Crippen LogP contribution in [0.5, 0.6) is 0 Å². The molecule has 3 rings (SSSR count). The molecule has 0 radical (unpaired) electrons. The summed E-state index contributed by atoms with van der Waals surface area (Å²) in [6.45, 7) is -0.944. The number of phosphoric acid groups is 3. The van der Waals surface area contributed by atoms with Gasteiger partial charge in [0.05, 0.1) is 25.9 Å². The van der Waals surface area contributed by atoms with E-state index < -0.39 is 54.1 Å². The Labute approximate surface area is 285 Å². The van der Waals surface area contributed by atoms with Crippen molar-refractivity contribution in [3.63, 3.8) is 0 Å². The molecule has 2 aromatic heterocycles. The Morgan fingerprint density at radius 3 is 2.31 bits per heavy atom. The first-order valence-electron chi connectivity index (χ1n) is 8.07. The normalized spacial score (nSPS) is 23.1. The first kappa shape index (κ1) is 39.7. The van der Waals surface area contributed by atoms with Gasteiger partial charge in [-0.05, 0) is 6.07 Å². The molecule has 3 heterocycles. The number of nitrogen functional groups attached to an aromatic ring is 1. The van der Waals surface area contributed by atoms with Crippen LogP contribution in [0.25, 0.3) is 11.0 Å². The van der Waals surface area contributed by atoms with E-state index in [-0.39, 0.29) is 142 Å². The number of nitrogens with one attached hydrogen (secondary N) is 1. The van der Waals surface area contributed by atoms with Gasteiger partial charge >= 0.3 is 118 Å². The summed E-state index contributed by atoms with van der Waals surface area (Å²) in [6.07, 6.45) is -2.23. The number of aliphatic hydroxyl groups excluding tert-OH is 1. The predicted molar refractivity (Wildman–Crippen MR) is 90.2 cm³/mol. The standard InChI is InChI=1S/C11H17N4O13P3.4Na/c12-11-13-9-5(10(17)14-11)1-2-15(9)8-3-6(16)7(26-8)4-25-30(21,22)28-31(23,24)27-29(18,19)20;;;;/h1-2,6-8,16H,3-4H2,(H,21,22)(H,23,24)(H2,18,19,20)(H3,12,13,14,17);;;;/q;4*+1/p-4. The van der Waals surface area contributed by atoms with E-state index >= 15 is 0 Å². The first-order valence-corrected chi connectivity index (χ1v) is 12.5. The van der Waals surface area contributed by atoms with Crippen molar-refractivity contribution in [3.05, 3.63) is 22.6 Å². The van der Waals surface area contributed by atoms with Crippen molar-refractivity contribution in [2.24, 2.45) is 0 Å². The van der Waals surface area contributed by atoms with Crippen LogP contribution in [0.1, 0.15) is 12.6 Å². The van der Waals surface area contributed by atoms with Gasteiger partial charge < -0.3 is 48.8 Å². The average molecular weight is 594 g/mol. The van der Waals surface area contributed by atoms with Gasteiger partial charge in [-0.2, -0.15) is 4.98 Å². The first-order chi connectivity index (χ1) is 14.2. The zero-order valence-corrected chi connectivity index (χ0v) is 29.6. The van der Waals surface area contributed by atoms with Crippen molar-refractivity contribution < 1.29 is 174 Å². The molecule has 1 saturated heterocycles. The van der Waals surface area contributed by atoms with Crippen molar-refractivity contribution in [3.8, 4) is 0 Å². The maximum Gasteiger partial charge on any atom is 1.00 e. The zero-order chi connectivity index (χ0) is 23.2. The summed E-state index contributed by atoms with van der Waals surface area (Å²) in [7, 11) is -17.9. The zero-order valence-electron chi connectivity index (χ0n) is 19.0. The molecule has 24 heteroatoms. The van der Waals surface area contributed by atoms with Crippen molar-refractivity contribution >= 4 is 40.4 Å². The van der Waals surface area contributed by atoms with Gasteiger partial charge in [0.2, 0.25) is 5.95 Å². The quantitative estimate of drug-likeness (QED) is 0.189. The molecule has 1 aliphatic rings. The number of hydrogen-bond acceptors (Lipinski definition) is 15. The SMILES string of the molecule is Nc1nc2c(ccn2C2CC(O)C(COP(=O)([O-])OP(=O)([O-])OP(=O)([O-])[O-])O2)c(=O)[nH]1.[Na+].[Na+].[Na+].[Na+]. The van der Waals surface area contributed by atoms with E-state index in [0.717, 1.165) is 0 Å². The molecule has 0 spiro atoms. The van der Waals surface area contributed by atoms with E-state index in [0.29, 0.717) is 0 Å². The van der Waals surface area contributed by atoms with E-state index in [1.165, 1.54) is 16.8 Å². The smallest absolute Gasteiger partial charge is 0.790 e. The Bertz CT molecular complexity index is 1190. The minimum Gasteiger partial charge on any atom is -0.790 e. The van der Waals surface area contributed by atoms with Crippen molar-refractivity contribution in [1.29, 1.82) is 0 Å². The largest absolute Gasteiger partial charge is 1.00 e. The summed E-state index contributed by atoms with van der Waals surface area (Å²) in [4.78, 5) is 61.5. The number of rotatable bonds is 8. The molecule has 0 amide bonds. The van der Waals surface area contributed by atoms with E-state index in [1.807, 2.05) is 0 Å². The van der Waals surface area contributed by atoms with E-state index in [4.69, 9.17) is 10.5 Å². The number of aromatic amines is 1. The minimum atomic E-state index is -6.11. The number of aromatic nitrogens is 3. The predicted octanol–water partition coefficient (Wildman–Crippen LogP) is -15.2. The summed E-state index contributed by atoms with van der Waals surface area (Å²) in [5, 5.41) is 10.3. The molecule has 35 heavy (non-hydrogen) atoms. The molecule has 0 bridgehead atoms. The van der Waals surface area contributed by atoms with Crippen LogP contribution in [-0.2, 0) is 31.6 Å². The molecular weight excluding hydrogens is 581 g/mol. The van der Waals surface area contributed by atoms with Gasteiger partial charge in [-0.25, -0.2) is 4.31 Å². The summed E-state index contributed by atoms with van der Waals surface area (Å²) < 4.78 is 50.6. The van der Waals surface area contributed by atoms with Crippen LogP contribution in [0.4, 0.5) is 5.95 Å². The maximum absolute atomic E-state index is 11.9. The summed E-state index contributed by atoms with van der Waals surface area (Å²) >= 11 is 0. The molecule has 0 saturated carbocycles. The molecule has 4 N–H and O–H groups in total. The molecule has 0 aliphatic carbocycles. The van der Waals surface area contributed by atoms with Crippen LogP contribution in [0.3, 0.4) is 0 Å². The number of nitrogens with two attached hydrogens (primary N) is 1. The number of aliphatic hydroxyl groups is 1. The number of nitrogens with zero attached hydrogens (tertiary/aromatic N) is 2. The third kappa shape index (κ3) is 11.5. The second kappa shape index (κ2) is 15.5. The van der Waals surface area contributed by atoms with Gasteiger partial charge in [-0.1, -0.05) is 0 Å². The fourth-order valence-corrected chi connectivity index (χ4v) is 5.64. The van der Waals surface area contributed by atoms with E-state index in [9.17, 15) is 43.2 Å². The van der Waals surface area contributed by atoms with Crippen LogP contribution in [0.15, 0.2) is 17.1 Å². The fraction of sp³-hybridized carbons (Fsp3) is 0.455. The van der Waals surface area contributed by atoms with E-state index in [2.05, 4.69) is 23.1 Å². The second-order valence-corrected chi connectivity index (χ2v) is 10.4. The van der Waals surface area contributed by atoms with Gasteiger partial charge in [0.1, 0.15) is 12.3 Å². The van der Waals surface area contributed by atoms with Crippen LogP contribution in [-0.4, -0.2) is 38.5 Å². The van der Waals surface area contributed by atoms with Gasteiger partial charge in [0, 0.05) is 12.6 Å². The molecule has 0 aromatic carbocycles. The molecule has 2 aromatic rings. The Morgan fingerprint density at radius 1 is 1.14 bits per heavy atom. The molecule has 5 atom stereocenters. The van der Waals surface area contributed by atoms with Gasteiger partial charge in [-0.3, -0.25) is 23.2 Å². The number of fused-ring (bicyclic) bond motifs is 1. The van der Waals surface area contributed by atoms with Crippen molar-refractivity contribution in [1.82, 2.24) is 14.5 Å².